The molecule has 2 aliphatic carbocycles. The minimum atomic E-state index is -3.24. The van der Waals surface area contributed by atoms with Crippen LogP contribution in [0.3, 0.4) is 0 Å². The van der Waals surface area contributed by atoms with Crippen LogP contribution in [0.25, 0.3) is 0 Å². The number of rotatable bonds is 7. The van der Waals surface area contributed by atoms with Crippen molar-refractivity contribution in [1.29, 1.82) is 0 Å². The Labute approximate surface area is 211 Å². The second-order valence-corrected chi connectivity index (χ2v) is 12.5. The van der Waals surface area contributed by atoms with Crippen LogP contribution in [-0.4, -0.2) is 67.5 Å². The van der Waals surface area contributed by atoms with E-state index >= 15 is 0 Å². The minimum absolute atomic E-state index is 0.0253. The SMILES string of the molecule is CS(=O)(=O)c1ccc2c(c1)CCN2c1cc(OC2CCN(C(=O)OC(C3CC3)C3CC3)CC2)ncn1. The number of carbonyl (C=O) groups excluding carboxylic acids is 1. The average molecular weight is 513 g/mol. The third-order valence-corrected chi connectivity index (χ3v) is 8.79. The zero-order valence-corrected chi connectivity index (χ0v) is 21.3. The number of likely N-dealkylation sites (tertiary alicyclic amines) is 1. The fourth-order valence-electron chi connectivity index (χ4n) is 5.33. The molecule has 3 heterocycles. The standard InChI is InChI=1S/C26H32N4O5S/c1-36(32,33)21-6-7-22-19(14-21)8-13-30(22)23-15-24(28-16-27-23)34-20-9-11-29(12-10-20)26(31)35-25(17-2-3-17)18-4-5-18/h6-7,14-18,20,25H,2-5,8-13H2,1H3. The molecule has 36 heavy (non-hydrogen) atoms. The summed E-state index contributed by atoms with van der Waals surface area (Å²) in [6, 6.07) is 7.06. The number of aromatic nitrogens is 2. The second kappa shape index (κ2) is 9.21. The summed E-state index contributed by atoms with van der Waals surface area (Å²) in [5.74, 6) is 2.39. The summed E-state index contributed by atoms with van der Waals surface area (Å²) in [5, 5.41) is 0. The minimum Gasteiger partial charge on any atom is -0.474 e. The van der Waals surface area contributed by atoms with Gasteiger partial charge in [0.25, 0.3) is 0 Å². The maximum atomic E-state index is 12.7. The van der Waals surface area contributed by atoms with Crippen molar-refractivity contribution >= 4 is 27.4 Å². The fourth-order valence-corrected chi connectivity index (χ4v) is 6.01. The summed E-state index contributed by atoms with van der Waals surface area (Å²) in [7, 11) is -3.24. The Morgan fingerprint density at radius 3 is 2.39 bits per heavy atom. The zero-order chi connectivity index (χ0) is 24.9. The largest absolute Gasteiger partial charge is 0.474 e. The Morgan fingerprint density at radius 1 is 1.00 bits per heavy atom. The van der Waals surface area contributed by atoms with Crippen molar-refractivity contribution in [2.45, 2.75) is 62.0 Å². The van der Waals surface area contributed by atoms with Crippen molar-refractivity contribution in [2.24, 2.45) is 11.8 Å². The van der Waals surface area contributed by atoms with Crippen LogP contribution in [0.15, 0.2) is 35.5 Å². The number of fused-ring (bicyclic) bond motifs is 1. The highest BCUT2D eigenvalue weighted by atomic mass is 32.2. The topological polar surface area (TPSA) is 102 Å². The van der Waals surface area contributed by atoms with Gasteiger partial charge in [-0.15, -0.1) is 0 Å². The molecule has 1 saturated heterocycles. The van der Waals surface area contributed by atoms with E-state index in [1.165, 1.54) is 38.3 Å². The van der Waals surface area contributed by atoms with Gasteiger partial charge in [0, 0.05) is 50.5 Å². The lowest BCUT2D eigenvalue weighted by atomic mass is 10.1. The molecule has 2 saturated carbocycles. The molecule has 1 aromatic carbocycles. The molecule has 1 aromatic heterocycles. The van der Waals surface area contributed by atoms with E-state index in [2.05, 4.69) is 14.9 Å². The van der Waals surface area contributed by atoms with E-state index in [4.69, 9.17) is 9.47 Å². The van der Waals surface area contributed by atoms with Crippen LogP contribution in [0, 0.1) is 11.8 Å². The summed E-state index contributed by atoms with van der Waals surface area (Å²) in [4.78, 5) is 25.7. The van der Waals surface area contributed by atoms with E-state index in [-0.39, 0.29) is 18.3 Å². The van der Waals surface area contributed by atoms with E-state index in [0.29, 0.717) is 42.2 Å². The van der Waals surface area contributed by atoms with Gasteiger partial charge in [0.2, 0.25) is 5.88 Å². The molecule has 2 aromatic rings. The molecule has 1 amide bonds. The third-order valence-electron chi connectivity index (χ3n) is 7.68. The maximum absolute atomic E-state index is 12.7. The summed E-state index contributed by atoms with van der Waals surface area (Å²) in [5.41, 5.74) is 1.94. The average Bonchev–Trinajstić information content (AvgIpc) is 3.80. The number of sulfone groups is 1. The molecule has 3 fully saturated rings. The number of nitrogens with zero attached hydrogens (tertiary/aromatic N) is 4. The van der Waals surface area contributed by atoms with Gasteiger partial charge in [-0.25, -0.2) is 23.2 Å². The molecule has 0 unspecified atom stereocenters. The quantitative estimate of drug-likeness (QED) is 0.553. The first-order chi connectivity index (χ1) is 17.3. The number of hydrogen-bond acceptors (Lipinski definition) is 8. The maximum Gasteiger partial charge on any atom is 0.410 e. The number of carbonyl (C=O) groups is 1. The Kier molecular flexibility index (Phi) is 6.02. The first-order valence-electron chi connectivity index (χ1n) is 12.9. The van der Waals surface area contributed by atoms with Gasteiger partial charge in [-0.3, -0.25) is 0 Å². The summed E-state index contributed by atoms with van der Waals surface area (Å²) >= 11 is 0. The van der Waals surface area contributed by atoms with E-state index in [1.54, 1.807) is 12.1 Å². The van der Waals surface area contributed by atoms with Crippen LogP contribution in [0.5, 0.6) is 5.88 Å². The van der Waals surface area contributed by atoms with E-state index in [1.807, 2.05) is 17.0 Å². The molecule has 0 atom stereocenters. The van der Waals surface area contributed by atoms with Crippen LogP contribution in [-0.2, 0) is 21.0 Å². The Morgan fingerprint density at radius 2 is 1.72 bits per heavy atom. The van der Waals surface area contributed by atoms with Crippen molar-refractivity contribution in [2.75, 3.05) is 30.8 Å². The molecule has 10 heteroatoms. The van der Waals surface area contributed by atoms with Crippen molar-refractivity contribution in [1.82, 2.24) is 14.9 Å². The van der Waals surface area contributed by atoms with Crippen molar-refractivity contribution in [3.05, 3.63) is 36.2 Å². The number of amides is 1. The molecule has 0 bridgehead atoms. The molecule has 0 spiro atoms. The zero-order valence-electron chi connectivity index (χ0n) is 20.5. The van der Waals surface area contributed by atoms with Gasteiger partial charge in [-0.05, 0) is 67.7 Å². The van der Waals surface area contributed by atoms with Crippen LogP contribution in [0.1, 0.15) is 44.1 Å². The van der Waals surface area contributed by atoms with Crippen molar-refractivity contribution < 1.29 is 22.7 Å². The van der Waals surface area contributed by atoms with Gasteiger partial charge < -0.3 is 19.3 Å². The molecule has 0 N–H and O–H groups in total. The smallest absolute Gasteiger partial charge is 0.410 e. The van der Waals surface area contributed by atoms with Crippen LogP contribution >= 0.6 is 0 Å². The molecule has 4 aliphatic rings. The molecule has 0 radical (unpaired) electrons. The fraction of sp³-hybridized carbons (Fsp3) is 0.577. The van der Waals surface area contributed by atoms with Gasteiger partial charge in [-0.1, -0.05) is 0 Å². The number of benzene rings is 1. The van der Waals surface area contributed by atoms with Crippen molar-refractivity contribution in [3.63, 3.8) is 0 Å². The lowest BCUT2D eigenvalue weighted by Crippen LogP contribution is -2.43. The number of piperidine rings is 1. The first kappa shape index (κ1) is 23.5. The second-order valence-electron chi connectivity index (χ2n) is 10.5. The van der Waals surface area contributed by atoms with Crippen LogP contribution in [0.4, 0.5) is 16.3 Å². The lowest BCUT2D eigenvalue weighted by molar-refractivity contribution is 0.0265. The molecular weight excluding hydrogens is 480 g/mol. The highest BCUT2D eigenvalue weighted by Gasteiger charge is 2.44. The Bertz CT molecular complexity index is 1240. The predicted molar refractivity (Wildman–Crippen MR) is 133 cm³/mol. The monoisotopic (exact) mass is 512 g/mol. The van der Waals surface area contributed by atoms with Crippen LogP contribution in [0.2, 0.25) is 0 Å². The lowest BCUT2D eigenvalue weighted by Gasteiger charge is -2.32. The van der Waals surface area contributed by atoms with Gasteiger partial charge in [0.05, 0.1) is 4.90 Å². The summed E-state index contributed by atoms with van der Waals surface area (Å²) in [6.07, 6.45) is 9.61. The molecule has 6 rings (SSSR count). The van der Waals surface area contributed by atoms with Gasteiger partial charge in [0.1, 0.15) is 24.4 Å². The molecule has 9 nitrogen and oxygen atoms in total. The van der Waals surface area contributed by atoms with Gasteiger partial charge >= 0.3 is 6.09 Å². The number of hydrogen-bond donors (Lipinski definition) is 0. The number of anilines is 2. The summed E-state index contributed by atoms with van der Waals surface area (Å²) in [6.45, 7) is 1.94. The molecular formula is C26H32N4O5S. The Balaban J connectivity index is 1.06. The normalized spacial score (nSPS) is 20.5. The van der Waals surface area contributed by atoms with E-state index in [9.17, 15) is 13.2 Å². The summed E-state index contributed by atoms with van der Waals surface area (Å²) < 4.78 is 35.9. The first-order valence-corrected chi connectivity index (χ1v) is 14.8. The van der Waals surface area contributed by atoms with E-state index < -0.39 is 9.84 Å². The third kappa shape index (κ3) is 5.00. The van der Waals surface area contributed by atoms with Crippen LogP contribution < -0.4 is 9.64 Å². The van der Waals surface area contributed by atoms with Crippen molar-refractivity contribution in [3.8, 4) is 5.88 Å². The molecule has 2 aliphatic heterocycles. The van der Waals surface area contributed by atoms with Gasteiger partial charge in [-0.2, -0.15) is 0 Å². The highest BCUT2D eigenvalue weighted by Crippen LogP contribution is 2.46. The predicted octanol–water partition coefficient (Wildman–Crippen LogP) is 3.74. The Hall–Kier alpha value is -2.88. The number of ether oxygens (including phenoxy) is 2. The highest BCUT2D eigenvalue weighted by molar-refractivity contribution is 7.90. The molecule has 192 valence electrons. The van der Waals surface area contributed by atoms with E-state index in [0.717, 1.165) is 36.3 Å². The van der Waals surface area contributed by atoms with Gasteiger partial charge in [0.15, 0.2) is 9.84 Å².